The van der Waals surface area contributed by atoms with Crippen LogP contribution in [-0.4, -0.2) is 23.7 Å². The largest absolute Gasteiger partial charge is 0.377 e. The third-order valence-electron chi connectivity index (χ3n) is 3.83. The van der Waals surface area contributed by atoms with E-state index in [2.05, 4.69) is 23.8 Å². The zero-order valence-electron chi connectivity index (χ0n) is 12.5. The lowest BCUT2D eigenvalue weighted by atomic mass is 10.1. The van der Waals surface area contributed by atoms with Crippen molar-refractivity contribution < 1.29 is 0 Å². The van der Waals surface area contributed by atoms with Crippen LogP contribution in [0.15, 0.2) is 71.9 Å². The van der Waals surface area contributed by atoms with E-state index in [0.29, 0.717) is 0 Å². The van der Waals surface area contributed by atoms with Gasteiger partial charge in [-0.15, -0.1) is 0 Å². The van der Waals surface area contributed by atoms with Crippen LogP contribution in [0.4, 0.5) is 0 Å². The summed E-state index contributed by atoms with van der Waals surface area (Å²) in [5, 5.41) is 0.722. The Morgan fingerprint density at radius 2 is 1.77 bits per heavy atom. The van der Waals surface area contributed by atoms with Crippen molar-refractivity contribution in [3.8, 4) is 0 Å². The van der Waals surface area contributed by atoms with Gasteiger partial charge < -0.3 is 4.90 Å². The number of allylic oxidation sites excluding steroid dienone is 5. The van der Waals surface area contributed by atoms with E-state index in [1.807, 2.05) is 42.5 Å². The first kappa shape index (κ1) is 14.9. The van der Waals surface area contributed by atoms with Gasteiger partial charge in [-0.1, -0.05) is 48.5 Å². The predicted octanol–water partition coefficient (Wildman–Crippen LogP) is 4.86. The summed E-state index contributed by atoms with van der Waals surface area (Å²) in [6.07, 6.45) is 12.9. The van der Waals surface area contributed by atoms with Crippen molar-refractivity contribution in [2.24, 2.45) is 4.99 Å². The molecule has 112 valence electrons. The highest BCUT2D eigenvalue weighted by molar-refractivity contribution is 6.30. The molecule has 1 heterocycles. The molecular formula is C19H19ClN2. The molecule has 0 atom stereocenters. The van der Waals surface area contributed by atoms with E-state index in [9.17, 15) is 0 Å². The van der Waals surface area contributed by atoms with Crippen LogP contribution in [0.2, 0.25) is 5.02 Å². The van der Waals surface area contributed by atoms with Gasteiger partial charge in [-0.2, -0.15) is 0 Å². The van der Waals surface area contributed by atoms with E-state index >= 15 is 0 Å². The molecule has 1 fully saturated rings. The van der Waals surface area contributed by atoms with Crippen molar-refractivity contribution in [3.63, 3.8) is 0 Å². The fourth-order valence-corrected chi connectivity index (χ4v) is 2.74. The number of benzene rings is 1. The van der Waals surface area contributed by atoms with Gasteiger partial charge in [-0.25, -0.2) is 4.99 Å². The van der Waals surface area contributed by atoms with Gasteiger partial charge in [0.1, 0.15) is 0 Å². The Morgan fingerprint density at radius 1 is 1.09 bits per heavy atom. The van der Waals surface area contributed by atoms with E-state index in [1.54, 1.807) is 0 Å². The van der Waals surface area contributed by atoms with E-state index in [4.69, 9.17) is 16.6 Å². The van der Waals surface area contributed by atoms with Gasteiger partial charge in [-0.3, -0.25) is 0 Å². The fraction of sp³-hybridized carbons (Fsp3) is 0.211. The zero-order chi connectivity index (χ0) is 15.4. The third-order valence-corrected chi connectivity index (χ3v) is 4.08. The summed E-state index contributed by atoms with van der Waals surface area (Å²) >= 11 is 5.93. The molecule has 0 unspecified atom stereocenters. The van der Waals surface area contributed by atoms with E-state index in [0.717, 1.165) is 40.7 Å². The van der Waals surface area contributed by atoms with Gasteiger partial charge in [-0.05, 0) is 36.6 Å². The van der Waals surface area contributed by atoms with Crippen LogP contribution in [0.25, 0.3) is 5.70 Å². The molecule has 1 aromatic rings. The zero-order valence-corrected chi connectivity index (χ0v) is 13.3. The van der Waals surface area contributed by atoms with Crippen molar-refractivity contribution in [3.05, 3.63) is 77.5 Å². The maximum absolute atomic E-state index is 5.93. The van der Waals surface area contributed by atoms with Crippen molar-refractivity contribution in [2.45, 2.75) is 12.8 Å². The van der Waals surface area contributed by atoms with Gasteiger partial charge in [0.25, 0.3) is 0 Å². The molecule has 2 aliphatic rings. The highest BCUT2D eigenvalue weighted by atomic mass is 35.5. The Kier molecular flexibility index (Phi) is 4.59. The first-order chi connectivity index (χ1) is 10.7. The summed E-state index contributed by atoms with van der Waals surface area (Å²) in [6.45, 7) is 6.35. The van der Waals surface area contributed by atoms with Crippen molar-refractivity contribution >= 4 is 23.0 Å². The maximum Gasteiger partial charge on any atom is 0.0723 e. The lowest BCUT2D eigenvalue weighted by molar-refractivity contribution is 0.467. The molecule has 1 aliphatic heterocycles. The number of aliphatic imine (C=N–C) groups is 1. The molecule has 1 aromatic carbocycles. The smallest absolute Gasteiger partial charge is 0.0723 e. The standard InChI is InChI=1S/C19H19ClN2/c1-15(16-8-10-18(20)11-9-16)21-19-7-3-2-6-17(19)14-22-12-4-5-13-22/h2-3,6-11,14H,1,4-5,12-13H2/b17-14+,21-19?. The second-order valence-electron chi connectivity index (χ2n) is 5.50. The number of halogens is 1. The first-order valence-corrected chi connectivity index (χ1v) is 7.95. The molecule has 0 radical (unpaired) electrons. The summed E-state index contributed by atoms with van der Waals surface area (Å²) in [7, 11) is 0. The van der Waals surface area contributed by atoms with Gasteiger partial charge in [0.2, 0.25) is 0 Å². The van der Waals surface area contributed by atoms with Gasteiger partial charge in [0.05, 0.1) is 11.4 Å². The molecular weight excluding hydrogens is 292 g/mol. The van der Waals surface area contributed by atoms with Gasteiger partial charge in [0, 0.05) is 29.9 Å². The third kappa shape index (κ3) is 3.58. The number of hydrogen-bond donors (Lipinski definition) is 0. The highest BCUT2D eigenvalue weighted by Gasteiger charge is 2.11. The van der Waals surface area contributed by atoms with Crippen molar-refractivity contribution in [1.82, 2.24) is 4.90 Å². The Labute approximate surface area is 136 Å². The van der Waals surface area contributed by atoms with E-state index < -0.39 is 0 Å². The summed E-state index contributed by atoms with van der Waals surface area (Å²) in [4.78, 5) is 7.07. The normalized spacial score (nSPS) is 21.0. The second kappa shape index (κ2) is 6.80. The number of nitrogens with zero attached hydrogens (tertiary/aromatic N) is 2. The summed E-state index contributed by atoms with van der Waals surface area (Å²) in [5.74, 6) is 0. The van der Waals surface area contributed by atoms with E-state index in [1.165, 1.54) is 12.8 Å². The average Bonchev–Trinajstić information content (AvgIpc) is 3.03. The molecule has 0 bridgehead atoms. The molecule has 0 aromatic heterocycles. The number of likely N-dealkylation sites (tertiary alicyclic amines) is 1. The SMILES string of the molecule is C=C(N=C1C=CC=C/C1=C\N1CCCC1)c1ccc(Cl)cc1. The highest BCUT2D eigenvalue weighted by Crippen LogP contribution is 2.20. The lowest BCUT2D eigenvalue weighted by Crippen LogP contribution is -2.14. The minimum absolute atomic E-state index is 0.722. The fourth-order valence-electron chi connectivity index (χ4n) is 2.62. The van der Waals surface area contributed by atoms with E-state index in [-0.39, 0.29) is 0 Å². The molecule has 0 spiro atoms. The second-order valence-corrected chi connectivity index (χ2v) is 5.93. The molecule has 1 saturated heterocycles. The Balaban J connectivity index is 1.84. The lowest BCUT2D eigenvalue weighted by Gasteiger charge is -2.15. The van der Waals surface area contributed by atoms with Gasteiger partial charge in [0.15, 0.2) is 0 Å². The quantitative estimate of drug-likeness (QED) is 0.778. The summed E-state index contributed by atoms with van der Waals surface area (Å²) < 4.78 is 0. The van der Waals surface area contributed by atoms with Crippen LogP contribution in [0.1, 0.15) is 18.4 Å². The summed E-state index contributed by atoms with van der Waals surface area (Å²) in [5.41, 5.74) is 3.83. The van der Waals surface area contributed by atoms with Crippen LogP contribution < -0.4 is 0 Å². The van der Waals surface area contributed by atoms with Crippen molar-refractivity contribution in [2.75, 3.05) is 13.1 Å². The topological polar surface area (TPSA) is 15.6 Å². The molecule has 0 saturated carbocycles. The molecule has 0 amide bonds. The monoisotopic (exact) mass is 310 g/mol. The average molecular weight is 311 g/mol. The minimum atomic E-state index is 0.722. The molecule has 0 N–H and O–H groups in total. The Bertz CT molecular complexity index is 672. The molecule has 3 rings (SSSR count). The minimum Gasteiger partial charge on any atom is -0.377 e. The molecule has 3 heteroatoms. The number of rotatable bonds is 3. The van der Waals surface area contributed by atoms with Crippen LogP contribution >= 0.6 is 11.6 Å². The van der Waals surface area contributed by atoms with Crippen LogP contribution in [0.3, 0.4) is 0 Å². The molecule has 1 aliphatic carbocycles. The van der Waals surface area contributed by atoms with Gasteiger partial charge >= 0.3 is 0 Å². The molecule has 22 heavy (non-hydrogen) atoms. The molecule has 2 nitrogen and oxygen atoms in total. The van der Waals surface area contributed by atoms with Crippen LogP contribution in [-0.2, 0) is 0 Å². The Hall–Kier alpha value is -2.06. The predicted molar refractivity (Wildman–Crippen MR) is 95.1 cm³/mol. The van der Waals surface area contributed by atoms with Crippen LogP contribution in [0, 0.1) is 0 Å². The summed E-state index contributed by atoms with van der Waals surface area (Å²) in [6, 6.07) is 7.61. The van der Waals surface area contributed by atoms with Crippen molar-refractivity contribution in [1.29, 1.82) is 0 Å². The number of hydrogen-bond acceptors (Lipinski definition) is 2. The van der Waals surface area contributed by atoms with Crippen LogP contribution in [0.5, 0.6) is 0 Å². The maximum atomic E-state index is 5.93. The first-order valence-electron chi connectivity index (χ1n) is 7.57. The Morgan fingerprint density at radius 3 is 2.50 bits per heavy atom.